The van der Waals surface area contributed by atoms with Gasteiger partial charge in [0.25, 0.3) is 5.91 Å². The summed E-state index contributed by atoms with van der Waals surface area (Å²) in [6.45, 7) is 3.08. The van der Waals surface area contributed by atoms with Crippen molar-refractivity contribution in [2.45, 2.75) is 37.0 Å². The molecule has 0 N–H and O–H groups in total. The number of nitrogens with zero attached hydrogens (tertiary/aromatic N) is 3. The third kappa shape index (κ3) is 6.02. The molecule has 0 unspecified atom stereocenters. The molecule has 2 aliphatic rings. The maximum Gasteiger partial charge on any atom is 0.253 e. The fraction of sp³-hybridized carbons (Fsp3) is 0.462. The van der Waals surface area contributed by atoms with E-state index in [1.165, 1.54) is 10.4 Å². The van der Waals surface area contributed by atoms with Crippen molar-refractivity contribution >= 4 is 21.8 Å². The van der Waals surface area contributed by atoms with Gasteiger partial charge in [-0.2, -0.15) is 4.31 Å². The second-order valence-electron chi connectivity index (χ2n) is 9.01. The Morgan fingerprint density at radius 3 is 2.26 bits per heavy atom. The van der Waals surface area contributed by atoms with Gasteiger partial charge in [-0.05, 0) is 61.6 Å². The van der Waals surface area contributed by atoms with Gasteiger partial charge in [0.1, 0.15) is 5.75 Å². The molecule has 0 saturated carbocycles. The van der Waals surface area contributed by atoms with Gasteiger partial charge >= 0.3 is 0 Å². The molecule has 2 heterocycles. The summed E-state index contributed by atoms with van der Waals surface area (Å²) < 4.78 is 32.5. The zero-order valence-electron chi connectivity index (χ0n) is 20.2. The van der Waals surface area contributed by atoms with Crippen LogP contribution >= 0.6 is 0 Å². The molecule has 2 aliphatic heterocycles. The van der Waals surface area contributed by atoms with Crippen LogP contribution in [0.1, 0.15) is 41.6 Å². The van der Waals surface area contributed by atoms with E-state index in [4.69, 9.17) is 4.74 Å². The van der Waals surface area contributed by atoms with Crippen LogP contribution in [0.15, 0.2) is 53.4 Å². The van der Waals surface area contributed by atoms with Crippen LogP contribution in [0.5, 0.6) is 5.75 Å². The topological polar surface area (TPSA) is 87.2 Å². The maximum absolute atomic E-state index is 13.2. The van der Waals surface area contributed by atoms with Crippen LogP contribution in [-0.2, 0) is 21.2 Å². The number of hydrogen-bond acceptors (Lipinski definition) is 5. The average Bonchev–Trinajstić information content (AvgIpc) is 3.33. The highest BCUT2D eigenvalue weighted by atomic mass is 32.2. The lowest BCUT2D eigenvalue weighted by molar-refractivity contribution is -0.131. The highest BCUT2D eigenvalue weighted by Gasteiger charge is 2.29. The van der Waals surface area contributed by atoms with Crippen LogP contribution in [-0.4, -0.2) is 80.7 Å². The van der Waals surface area contributed by atoms with E-state index < -0.39 is 10.0 Å². The third-order valence-electron chi connectivity index (χ3n) is 6.71. The van der Waals surface area contributed by atoms with Crippen molar-refractivity contribution in [1.29, 1.82) is 0 Å². The van der Waals surface area contributed by atoms with Gasteiger partial charge in [0.2, 0.25) is 15.9 Å². The molecule has 4 rings (SSSR count). The monoisotopic (exact) mass is 499 g/mol. The Balaban J connectivity index is 1.34. The van der Waals surface area contributed by atoms with Crippen LogP contribution in [0.3, 0.4) is 0 Å². The molecule has 2 fully saturated rings. The first-order chi connectivity index (χ1) is 16.9. The summed E-state index contributed by atoms with van der Waals surface area (Å²) in [6, 6.07) is 14.0. The Kier molecular flexibility index (Phi) is 8.07. The molecule has 0 atom stereocenters. The third-order valence-corrected chi connectivity index (χ3v) is 8.60. The Hall–Kier alpha value is -2.91. The molecule has 9 heteroatoms. The van der Waals surface area contributed by atoms with Crippen molar-refractivity contribution in [3.8, 4) is 5.75 Å². The second-order valence-corrected chi connectivity index (χ2v) is 11.0. The van der Waals surface area contributed by atoms with Gasteiger partial charge in [-0.25, -0.2) is 8.42 Å². The molecule has 0 bridgehead atoms. The molecule has 188 valence electrons. The van der Waals surface area contributed by atoms with Gasteiger partial charge in [0, 0.05) is 51.3 Å². The molecule has 0 radical (unpaired) electrons. The number of rotatable bonds is 7. The van der Waals surface area contributed by atoms with Crippen molar-refractivity contribution in [1.82, 2.24) is 14.1 Å². The van der Waals surface area contributed by atoms with E-state index >= 15 is 0 Å². The Labute approximate surface area is 207 Å². The van der Waals surface area contributed by atoms with Crippen molar-refractivity contribution in [3.05, 3.63) is 59.7 Å². The molecule has 0 spiro atoms. The zero-order valence-corrected chi connectivity index (χ0v) is 21.0. The largest absolute Gasteiger partial charge is 0.497 e. The normalized spacial score (nSPS) is 17.3. The first kappa shape index (κ1) is 25.2. The van der Waals surface area contributed by atoms with Gasteiger partial charge in [-0.1, -0.05) is 18.2 Å². The van der Waals surface area contributed by atoms with E-state index in [0.717, 1.165) is 24.2 Å². The van der Waals surface area contributed by atoms with Crippen molar-refractivity contribution in [3.63, 3.8) is 0 Å². The summed E-state index contributed by atoms with van der Waals surface area (Å²) in [5, 5.41) is 0. The van der Waals surface area contributed by atoms with E-state index in [9.17, 15) is 18.0 Å². The fourth-order valence-corrected chi connectivity index (χ4v) is 6.18. The number of ether oxygens (including phenoxy) is 1. The van der Waals surface area contributed by atoms with Crippen molar-refractivity contribution in [2.75, 3.05) is 46.4 Å². The lowest BCUT2D eigenvalue weighted by Crippen LogP contribution is -2.37. The zero-order chi connectivity index (χ0) is 24.8. The Morgan fingerprint density at radius 2 is 1.54 bits per heavy atom. The molecular weight excluding hydrogens is 466 g/mol. The molecule has 2 amide bonds. The SMILES string of the molecule is COc1ccc(CCC(=O)N2CCCN(C(=O)c3cccc(S(=O)(=O)N4CCCC4)c3)CC2)cc1. The predicted molar refractivity (Wildman–Crippen MR) is 133 cm³/mol. The number of methoxy groups -OCH3 is 1. The number of sulfonamides is 1. The summed E-state index contributed by atoms with van der Waals surface area (Å²) in [5.41, 5.74) is 1.44. The van der Waals surface area contributed by atoms with Crippen molar-refractivity contribution < 1.29 is 22.7 Å². The summed E-state index contributed by atoms with van der Waals surface area (Å²) in [5.74, 6) is 0.668. The quantitative estimate of drug-likeness (QED) is 0.585. The minimum Gasteiger partial charge on any atom is -0.497 e. The first-order valence-electron chi connectivity index (χ1n) is 12.2. The van der Waals surface area contributed by atoms with Crippen LogP contribution < -0.4 is 4.74 Å². The number of amides is 2. The number of benzene rings is 2. The fourth-order valence-electron chi connectivity index (χ4n) is 4.62. The van der Waals surface area contributed by atoms with Gasteiger partial charge in [0.05, 0.1) is 12.0 Å². The smallest absolute Gasteiger partial charge is 0.253 e. The Morgan fingerprint density at radius 1 is 0.857 bits per heavy atom. The first-order valence-corrected chi connectivity index (χ1v) is 13.6. The Bertz CT molecular complexity index is 1140. The van der Waals surface area contributed by atoms with E-state index in [0.29, 0.717) is 64.1 Å². The molecule has 8 nitrogen and oxygen atoms in total. The lowest BCUT2D eigenvalue weighted by Gasteiger charge is -2.23. The molecule has 35 heavy (non-hydrogen) atoms. The van der Waals surface area contributed by atoms with Gasteiger partial charge in [-0.15, -0.1) is 0 Å². The van der Waals surface area contributed by atoms with E-state index in [1.807, 2.05) is 29.2 Å². The minimum atomic E-state index is -3.58. The molecule has 2 saturated heterocycles. The highest BCUT2D eigenvalue weighted by molar-refractivity contribution is 7.89. The van der Waals surface area contributed by atoms with Crippen LogP contribution in [0.2, 0.25) is 0 Å². The van der Waals surface area contributed by atoms with Gasteiger partial charge in [0.15, 0.2) is 0 Å². The van der Waals surface area contributed by atoms with Gasteiger partial charge in [-0.3, -0.25) is 9.59 Å². The number of hydrogen-bond donors (Lipinski definition) is 0. The average molecular weight is 500 g/mol. The number of aryl methyl sites for hydroxylation is 1. The predicted octanol–water partition coefficient (Wildman–Crippen LogP) is 2.79. The maximum atomic E-state index is 13.2. The summed E-state index contributed by atoms with van der Waals surface area (Å²) in [6.07, 6.45) is 3.48. The molecule has 2 aromatic carbocycles. The van der Waals surface area contributed by atoms with Crippen LogP contribution in [0.25, 0.3) is 0 Å². The second kappa shape index (κ2) is 11.2. The van der Waals surface area contributed by atoms with Crippen LogP contribution in [0, 0.1) is 0 Å². The van der Waals surface area contributed by atoms with Gasteiger partial charge < -0.3 is 14.5 Å². The van der Waals surface area contributed by atoms with Crippen LogP contribution in [0.4, 0.5) is 0 Å². The summed E-state index contributed by atoms with van der Waals surface area (Å²) in [4.78, 5) is 29.7. The van der Waals surface area contributed by atoms with E-state index in [2.05, 4.69) is 0 Å². The summed E-state index contributed by atoms with van der Waals surface area (Å²) in [7, 11) is -1.96. The molecule has 2 aromatic rings. The molecular formula is C26H33N3O5S. The summed E-state index contributed by atoms with van der Waals surface area (Å²) >= 11 is 0. The van der Waals surface area contributed by atoms with E-state index in [1.54, 1.807) is 30.2 Å². The standard InChI is InChI=1S/C26H33N3O5S/c1-34-23-11-8-21(9-12-23)10-13-25(30)27-14-5-15-28(19-18-27)26(31)22-6-4-7-24(20-22)35(32,33)29-16-2-3-17-29/h4,6-9,11-12,20H,2-3,5,10,13-19H2,1H3. The molecule has 0 aliphatic carbocycles. The minimum absolute atomic E-state index is 0.0776. The lowest BCUT2D eigenvalue weighted by atomic mass is 10.1. The number of carbonyl (C=O) groups excluding carboxylic acids is 2. The van der Waals surface area contributed by atoms with E-state index in [-0.39, 0.29) is 16.7 Å². The van der Waals surface area contributed by atoms with Crippen molar-refractivity contribution in [2.24, 2.45) is 0 Å². The molecule has 0 aromatic heterocycles. The number of carbonyl (C=O) groups is 2. The highest BCUT2D eigenvalue weighted by Crippen LogP contribution is 2.22.